The number of hydrogen-bond acceptors (Lipinski definition) is 2. The van der Waals surface area contributed by atoms with Gasteiger partial charge in [0, 0.05) is 13.1 Å². The molecule has 0 atom stereocenters. The summed E-state index contributed by atoms with van der Waals surface area (Å²) >= 11 is 5.59. The Morgan fingerprint density at radius 3 is 3.00 bits per heavy atom. The van der Waals surface area contributed by atoms with Crippen LogP contribution in [0.4, 0.5) is 10.1 Å². The molecule has 1 aliphatic rings. The summed E-state index contributed by atoms with van der Waals surface area (Å²) in [6.45, 7) is -0.0649. The summed E-state index contributed by atoms with van der Waals surface area (Å²) in [5.74, 6) is -0.387. The van der Waals surface area contributed by atoms with E-state index in [0.29, 0.717) is 11.4 Å². The monoisotopic (exact) mass is 215 g/mol. The molecule has 0 fully saturated rings. The highest BCUT2D eigenvalue weighted by Gasteiger charge is 2.23. The molecule has 0 N–H and O–H groups in total. The number of nitrogens with zero attached hydrogens (tertiary/aromatic N) is 1. The maximum absolute atomic E-state index is 13.0. The summed E-state index contributed by atoms with van der Waals surface area (Å²) in [6, 6.07) is 2.56. The Morgan fingerprint density at radius 2 is 2.29 bits per heavy atom. The number of ether oxygens (including phenoxy) is 1. The molecular formula is C9H7ClFNO2. The number of benzene rings is 1. The molecule has 1 aromatic carbocycles. The first-order valence-electron chi connectivity index (χ1n) is 3.98. The fourth-order valence-electron chi connectivity index (χ4n) is 1.27. The van der Waals surface area contributed by atoms with Gasteiger partial charge in [-0.3, -0.25) is 4.79 Å². The number of fused-ring (bicyclic) bond motifs is 1. The van der Waals surface area contributed by atoms with Crippen LogP contribution in [0, 0.1) is 5.82 Å². The fraction of sp³-hybridized carbons (Fsp3) is 0.222. The summed E-state index contributed by atoms with van der Waals surface area (Å²) in [4.78, 5) is 12.6. The number of amides is 1. The number of rotatable bonds is 0. The van der Waals surface area contributed by atoms with E-state index in [9.17, 15) is 9.18 Å². The summed E-state index contributed by atoms with van der Waals surface area (Å²) in [5, 5.41) is -0.0195. The molecule has 2 rings (SSSR count). The molecular weight excluding hydrogens is 209 g/mol. The van der Waals surface area contributed by atoms with E-state index in [2.05, 4.69) is 0 Å². The minimum absolute atomic E-state index is 0.0195. The zero-order chi connectivity index (χ0) is 10.3. The second-order valence-corrected chi connectivity index (χ2v) is 3.38. The molecule has 1 aliphatic heterocycles. The first kappa shape index (κ1) is 9.27. The van der Waals surface area contributed by atoms with Gasteiger partial charge in [0.05, 0.1) is 10.7 Å². The van der Waals surface area contributed by atoms with E-state index < -0.39 is 5.82 Å². The Labute approximate surface area is 85.0 Å². The van der Waals surface area contributed by atoms with Crippen LogP contribution in [-0.2, 0) is 4.79 Å². The van der Waals surface area contributed by atoms with Crippen LogP contribution in [0.2, 0.25) is 5.02 Å². The van der Waals surface area contributed by atoms with Crippen LogP contribution in [0.3, 0.4) is 0 Å². The highest BCUT2D eigenvalue weighted by atomic mass is 35.5. The number of likely N-dealkylation sites (N-methyl/N-ethyl adjacent to an activating group) is 1. The zero-order valence-electron chi connectivity index (χ0n) is 7.38. The van der Waals surface area contributed by atoms with Gasteiger partial charge in [0.25, 0.3) is 5.91 Å². The predicted octanol–water partition coefficient (Wildman–Crippen LogP) is 1.83. The van der Waals surface area contributed by atoms with Gasteiger partial charge >= 0.3 is 0 Å². The third kappa shape index (κ3) is 1.32. The summed E-state index contributed by atoms with van der Waals surface area (Å²) in [6.07, 6.45) is 0. The average molecular weight is 216 g/mol. The van der Waals surface area contributed by atoms with E-state index >= 15 is 0 Å². The molecule has 0 aromatic heterocycles. The third-order valence-corrected chi connectivity index (χ3v) is 2.38. The van der Waals surface area contributed by atoms with Crippen LogP contribution in [0.25, 0.3) is 0 Å². The van der Waals surface area contributed by atoms with Gasteiger partial charge in [0.2, 0.25) is 0 Å². The minimum Gasteiger partial charge on any atom is -0.481 e. The second-order valence-electron chi connectivity index (χ2n) is 2.98. The van der Waals surface area contributed by atoms with E-state index in [1.54, 1.807) is 7.05 Å². The van der Waals surface area contributed by atoms with Gasteiger partial charge < -0.3 is 9.64 Å². The van der Waals surface area contributed by atoms with E-state index in [4.69, 9.17) is 16.3 Å². The normalized spacial score (nSPS) is 15.1. The predicted molar refractivity (Wildman–Crippen MR) is 50.3 cm³/mol. The summed E-state index contributed by atoms with van der Waals surface area (Å²) < 4.78 is 18.1. The summed E-state index contributed by atoms with van der Waals surface area (Å²) in [5.41, 5.74) is 0.493. The van der Waals surface area contributed by atoms with Crippen molar-refractivity contribution >= 4 is 23.2 Å². The lowest BCUT2D eigenvalue weighted by Crippen LogP contribution is -2.35. The quantitative estimate of drug-likeness (QED) is 0.661. The lowest BCUT2D eigenvalue weighted by atomic mass is 10.2. The van der Waals surface area contributed by atoms with Crippen molar-refractivity contribution in [2.24, 2.45) is 0 Å². The molecule has 1 aromatic rings. The highest BCUT2D eigenvalue weighted by molar-refractivity contribution is 6.31. The van der Waals surface area contributed by atoms with Gasteiger partial charge in [-0.2, -0.15) is 0 Å². The standard InChI is InChI=1S/C9H7ClFNO2/c1-12-7-2-5(10)6(11)3-8(7)14-4-9(12)13/h2-3H,4H2,1H3. The van der Waals surface area contributed by atoms with Crippen molar-refractivity contribution in [3.05, 3.63) is 23.0 Å². The van der Waals surface area contributed by atoms with E-state index in [0.717, 1.165) is 0 Å². The minimum atomic E-state index is -0.548. The molecule has 0 saturated carbocycles. The van der Waals surface area contributed by atoms with E-state index in [1.807, 2.05) is 0 Å². The summed E-state index contributed by atoms with van der Waals surface area (Å²) in [7, 11) is 1.60. The van der Waals surface area contributed by atoms with E-state index in [1.165, 1.54) is 17.0 Å². The lowest BCUT2D eigenvalue weighted by Gasteiger charge is -2.25. The number of carbonyl (C=O) groups excluding carboxylic acids is 1. The van der Waals surface area contributed by atoms with Gasteiger partial charge in [-0.25, -0.2) is 4.39 Å². The first-order chi connectivity index (χ1) is 6.59. The number of hydrogen-bond donors (Lipinski definition) is 0. The molecule has 0 bridgehead atoms. The molecule has 1 heterocycles. The highest BCUT2D eigenvalue weighted by Crippen LogP contribution is 2.35. The maximum Gasteiger partial charge on any atom is 0.264 e. The zero-order valence-corrected chi connectivity index (χ0v) is 8.14. The van der Waals surface area contributed by atoms with Crippen LogP contribution in [0.5, 0.6) is 5.75 Å². The van der Waals surface area contributed by atoms with Crippen molar-refractivity contribution < 1.29 is 13.9 Å². The topological polar surface area (TPSA) is 29.5 Å². The molecule has 0 spiro atoms. The Kier molecular flexibility index (Phi) is 2.07. The molecule has 14 heavy (non-hydrogen) atoms. The number of anilines is 1. The van der Waals surface area contributed by atoms with Crippen molar-refractivity contribution in [1.29, 1.82) is 0 Å². The molecule has 3 nitrogen and oxygen atoms in total. The van der Waals surface area contributed by atoms with Gasteiger partial charge in [0.1, 0.15) is 11.6 Å². The Bertz CT molecular complexity index is 408. The average Bonchev–Trinajstić information content (AvgIpc) is 2.15. The largest absolute Gasteiger partial charge is 0.481 e. The van der Waals surface area contributed by atoms with Crippen LogP contribution >= 0.6 is 11.6 Å². The molecule has 74 valence electrons. The van der Waals surface area contributed by atoms with Crippen molar-refractivity contribution in [1.82, 2.24) is 0 Å². The Morgan fingerprint density at radius 1 is 1.57 bits per heavy atom. The van der Waals surface area contributed by atoms with Crippen molar-refractivity contribution in [2.75, 3.05) is 18.6 Å². The maximum atomic E-state index is 13.0. The van der Waals surface area contributed by atoms with Gasteiger partial charge in [-0.15, -0.1) is 0 Å². The lowest BCUT2D eigenvalue weighted by molar-refractivity contribution is -0.120. The number of halogens is 2. The Hall–Kier alpha value is -1.29. The molecule has 5 heteroatoms. The van der Waals surface area contributed by atoms with E-state index in [-0.39, 0.29) is 17.5 Å². The van der Waals surface area contributed by atoms with Crippen molar-refractivity contribution in [2.45, 2.75) is 0 Å². The molecule has 0 aliphatic carbocycles. The molecule has 1 amide bonds. The number of carbonyl (C=O) groups is 1. The van der Waals surface area contributed by atoms with Crippen LogP contribution in [0.1, 0.15) is 0 Å². The SMILES string of the molecule is CN1C(=O)COc2cc(F)c(Cl)cc21. The fourth-order valence-corrected chi connectivity index (χ4v) is 1.42. The van der Waals surface area contributed by atoms with Crippen molar-refractivity contribution in [3.63, 3.8) is 0 Å². The van der Waals surface area contributed by atoms with Crippen LogP contribution in [0.15, 0.2) is 12.1 Å². The molecule has 0 saturated heterocycles. The van der Waals surface area contributed by atoms with Gasteiger partial charge in [-0.1, -0.05) is 11.6 Å². The second kappa shape index (κ2) is 3.13. The molecule has 0 radical (unpaired) electrons. The third-order valence-electron chi connectivity index (χ3n) is 2.09. The smallest absolute Gasteiger partial charge is 0.264 e. The Balaban J connectivity index is 2.55. The van der Waals surface area contributed by atoms with Crippen LogP contribution in [-0.4, -0.2) is 19.6 Å². The van der Waals surface area contributed by atoms with Crippen molar-refractivity contribution in [3.8, 4) is 5.75 Å². The van der Waals surface area contributed by atoms with Crippen LogP contribution < -0.4 is 9.64 Å². The molecule has 0 unspecified atom stereocenters. The van der Waals surface area contributed by atoms with Gasteiger partial charge in [0.15, 0.2) is 6.61 Å². The van der Waals surface area contributed by atoms with Gasteiger partial charge in [-0.05, 0) is 6.07 Å². The first-order valence-corrected chi connectivity index (χ1v) is 4.36.